The summed E-state index contributed by atoms with van der Waals surface area (Å²) in [6.07, 6.45) is -0.152. The molecule has 0 bridgehead atoms. The lowest BCUT2D eigenvalue weighted by Gasteiger charge is -2.29. The van der Waals surface area contributed by atoms with Gasteiger partial charge in [-0.2, -0.15) is 0 Å². The molecule has 3 unspecified atom stereocenters. The number of aliphatic hydroxyl groups is 1. The molecule has 0 saturated heterocycles. The van der Waals surface area contributed by atoms with E-state index in [-0.39, 0.29) is 18.9 Å². The van der Waals surface area contributed by atoms with Crippen LogP contribution in [-0.2, 0) is 22.6 Å². The summed E-state index contributed by atoms with van der Waals surface area (Å²) < 4.78 is 5.41. The summed E-state index contributed by atoms with van der Waals surface area (Å²) in [6.45, 7) is 4.01. The Hall–Kier alpha value is -3.88. The van der Waals surface area contributed by atoms with Gasteiger partial charge in [0.25, 0.3) is 0 Å². The number of urea groups is 1. The number of aldehydes is 1. The predicted molar refractivity (Wildman–Crippen MR) is 159 cm³/mol. The van der Waals surface area contributed by atoms with Crippen LogP contribution in [0.25, 0.3) is 0 Å². The Labute approximate surface area is 246 Å². The molecule has 0 aliphatic heterocycles. The number of amides is 3. The van der Waals surface area contributed by atoms with E-state index in [9.17, 15) is 19.5 Å². The number of carbonyl (C=O) groups excluding carboxylic acids is 3. The first-order valence-electron chi connectivity index (χ1n) is 13.7. The van der Waals surface area contributed by atoms with Gasteiger partial charge in [-0.15, -0.1) is 0 Å². The minimum Gasteiger partial charge on any atom is -0.445 e. The lowest BCUT2D eigenvalue weighted by Crippen LogP contribution is -2.48. The van der Waals surface area contributed by atoms with E-state index in [0.29, 0.717) is 29.7 Å². The lowest BCUT2D eigenvalue weighted by molar-refractivity contribution is -0.109. The number of halogens is 1. The fraction of sp³-hybridized carbons (Fsp3) is 0.344. The maximum absolute atomic E-state index is 12.9. The molecule has 0 radical (unpaired) electrons. The molecule has 3 aromatic rings. The number of hydrogen-bond acceptors (Lipinski definition) is 5. The zero-order chi connectivity index (χ0) is 29.6. The zero-order valence-corrected chi connectivity index (χ0v) is 24.1. The van der Waals surface area contributed by atoms with Crippen molar-refractivity contribution >= 4 is 30.0 Å². The highest BCUT2D eigenvalue weighted by Gasteiger charge is 2.28. The van der Waals surface area contributed by atoms with Crippen molar-refractivity contribution in [1.82, 2.24) is 16.0 Å². The highest BCUT2D eigenvalue weighted by Crippen LogP contribution is 2.24. The average molecular weight is 580 g/mol. The molecule has 0 spiro atoms. The number of ether oxygens (including phenoxy) is 1. The van der Waals surface area contributed by atoms with Gasteiger partial charge in [0.15, 0.2) is 0 Å². The number of nitrogens with one attached hydrogen (secondary N) is 3. The van der Waals surface area contributed by atoms with Gasteiger partial charge in [0.2, 0.25) is 0 Å². The van der Waals surface area contributed by atoms with Gasteiger partial charge >= 0.3 is 12.1 Å². The fourth-order valence-electron chi connectivity index (χ4n) is 4.50. The van der Waals surface area contributed by atoms with E-state index in [2.05, 4.69) is 16.0 Å². The highest BCUT2D eigenvalue weighted by molar-refractivity contribution is 6.30. The third-order valence-corrected chi connectivity index (χ3v) is 6.75. The van der Waals surface area contributed by atoms with Crippen molar-refractivity contribution < 1.29 is 24.2 Å². The van der Waals surface area contributed by atoms with E-state index >= 15 is 0 Å². The van der Waals surface area contributed by atoms with Gasteiger partial charge in [-0.25, -0.2) is 9.59 Å². The number of aliphatic hydroxyl groups excluding tert-OH is 1. The molecular weight excluding hydrogens is 542 g/mol. The smallest absolute Gasteiger partial charge is 0.407 e. The molecule has 4 N–H and O–H groups in total. The van der Waals surface area contributed by atoms with Crippen LogP contribution in [0.15, 0.2) is 84.9 Å². The number of benzene rings is 3. The second-order valence-corrected chi connectivity index (χ2v) is 10.8. The molecule has 41 heavy (non-hydrogen) atoms. The first-order valence-corrected chi connectivity index (χ1v) is 14.1. The lowest BCUT2D eigenvalue weighted by atomic mass is 9.93. The predicted octanol–water partition coefficient (Wildman–Crippen LogP) is 5.58. The van der Waals surface area contributed by atoms with Crippen LogP contribution >= 0.6 is 11.6 Å². The van der Waals surface area contributed by atoms with Gasteiger partial charge in [-0.3, -0.25) is 0 Å². The molecule has 0 fully saturated rings. The third-order valence-electron chi connectivity index (χ3n) is 6.52. The Morgan fingerprint density at radius 2 is 1.54 bits per heavy atom. The second-order valence-electron chi connectivity index (χ2n) is 10.4. The molecule has 4 atom stereocenters. The number of hydrogen-bond donors (Lipinski definition) is 4. The molecule has 3 amide bonds. The zero-order valence-electron chi connectivity index (χ0n) is 23.3. The molecule has 9 heteroatoms. The third kappa shape index (κ3) is 11.3. The van der Waals surface area contributed by atoms with E-state index in [1.54, 1.807) is 24.3 Å². The van der Waals surface area contributed by atoms with Crippen molar-refractivity contribution in [2.24, 2.45) is 5.92 Å². The molecule has 8 nitrogen and oxygen atoms in total. The van der Waals surface area contributed by atoms with Crippen molar-refractivity contribution in [1.29, 1.82) is 0 Å². The van der Waals surface area contributed by atoms with E-state index in [4.69, 9.17) is 16.3 Å². The van der Waals surface area contributed by atoms with Crippen molar-refractivity contribution in [2.75, 3.05) is 0 Å². The van der Waals surface area contributed by atoms with E-state index in [1.165, 1.54) is 0 Å². The Kier molecular flexibility index (Phi) is 12.7. The van der Waals surface area contributed by atoms with Gasteiger partial charge in [0.05, 0.1) is 24.2 Å². The van der Waals surface area contributed by atoms with Crippen molar-refractivity contribution in [3.63, 3.8) is 0 Å². The minimum atomic E-state index is -1.08. The molecule has 3 rings (SSSR count). The van der Waals surface area contributed by atoms with Crippen LogP contribution in [0.5, 0.6) is 0 Å². The summed E-state index contributed by atoms with van der Waals surface area (Å²) in [5, 5.41) is 20.3. The summed E-state index contributed by atoms with van der Waals surface area (Å²) >= 11 is 6.24. The van der Waals surface area contributed by atoms with Crippen molar-refractivity contribution in [3.05, 3.63) is 107 Å². The maximum atomic E-state index is 12.9. The molecule has 218 valence electrons. The first-order chi connectivity index (χ1) is 19.7. The van der Waals surface area contributed by atoms with Crippen molar-refractivity contribution in [2.45, 2.75) is 63.9 Å². The Balaban J connectivity index is 1.76. The van der Waals surface area contributed by atoms with Gasteiger partial charge in [-0.05, 0) is 54.0 Å². The van der Waals surface area contributed by atoms with Crippen LogP contribution in [0.4, 0.5) is 9.59 Å². The summed E-state index contributed by atoms with van der Waals surface area (Å²) in [7, 11) is 0. The van der Waals surface area contributed by atoms with Crippen LogP contribution in [0.2, 0.25) is 5.02 Å². The SMILES string of the molecule is CC(C)C[C@@H](C=O)NC(=O)NC(CC(O)C(Cc1ccccc1)NC(=O)OCc1ccccc1)c1cccc(Cl)c1. The second kappa shape index (κ2) is 16.4. The molecular formula is C32H38ClN3O5. The number of carbonyl (C=O) groups is 3. The number of alkyl carbamates (subject to hydrolysis) is 1. The molecule has 0 heterocycles. The summed E-state index contributed by atoms with van der Waals surface area (Å²) in [4.78, 5) is 37.2. The maximum Gasteiger partial charge on any atom is 0.407 e. The topological polar surface area (TPSA) is 117 Å². The van der Waals surface area contributed by atoms with E-state index in [1.807, 2.05) is 74.5 Å². The van der Waals surface area contributed by atoms with Gasteiger partial charge in [0, 0.05) is 5.02 Å². The van der Waals surface area contributed by atoms with E-state index in [0.717, 1.165) is 11.1 Å². The quantitative estimate of drug-likeness (QED) is 0.186. The Bertz CT molecular complexity index is 1240. The van der Waals surface area contributed by atoms with E-state index < -0.39 is 36.4 Å². The van der Waals surface area contributed by atoms with Gasteiger partial charge in [0.1, 0.15) is 12.9 Å². The van der Waals surface area contributed by atoms with Crippen LogP contribution in [0.1, 0.15) is 49.4 Å². The van der Waals surface area contributed by atoms with Crippen LogP contribution in [0, 0.1) is 5.92 Å². The summed E-state index contributed by atoms with van der Waals surface area (Å²) in [5.74, 6) is 0.211. The Morgan fingerprint density at radius 1 is 0.878 bits per heavy atom. The molecule has 3 aromatic carbocycles. The summed E-state index contributed by atoms with van der Waals surface area (Å²) in [6, 6.07) is 23.2. The molecule has 0 aliphatic rings. The average Bonchev–Trinajstić information content (AvgIpc) is 2.96. The fourth-order valence-corrected chi connectivity index (χ4v) is 4.70. The summed E-state index contributed by atoms with van der Waals surface area (Å²) in [5.41, 5.74) is 2.42. The largest absolute Gasteiger partial charge is 0.445 e. The van der Waals surface area contributed by atoms with Crippen LogP contribution < -0.4 is 16.0 Å². The Morgan fingerprint density at radius 3 is 2.15 bits per heavy atom. The molecule has 0 aromatic heterocycles. The van der Waals surface area contributed by atoms with Crippen LogP contribution in [-0.4, -0.2) is 41.7 Å². The molecule has 0 saturated carbocycles. The monoisotopic (exact) mass is 579 g/mol. The van der Waals surface area contributed by atoms with Crippen LogP contribution in [0.3, 0.4) is 0 Å². The van der Waals surface area contributed by atoms with Gasteiger partial charge < -0.3 is 30.6 Å². The first kappa shape index (κ1) is 31.6. The minimum absolute atomic E-state index is 0.0557. The van der Waals surface area contributed by atoms with Gasteiger partial charge in [-0.1, -0.05) is 98.2 Å². The standard InChI is InChI=1S/C32H38ClN3O5/c1-22(2)16-27(20-37)34-31(39)35-28(25-14-9-15-26(33)18-25)19-30(38)29(17-23-10-5-3-6-11-23)36-32(40)41-21-24-12-7-4-8-13-24/h3-15,18,20,22,27-30,38H,16-17,19,21H2,1-2H3,(H,36,40)(H2,34,35,39)/t27-,28?,29?,30?/m0/s1. The normalized spacial score (nSPS) is 13.9. The van der Waals surface area contributed by atoms with Crippen molar-refractivity contribution in [3.8, 4) is 0 Å². The number of rotatable bonds is 14. The molecule has 0 aliphatic carbocycles. The highest BCUT2D eigenvalue weighted by atomic mass is 35.5.